The Morgan fingerprint density at radius 1 is 1.06 bits per heavy atom. The summed E-state index contributed by atoms with van der Waals surface area (Å²) in [5.74, 6) is 1.46. The molecule has 0 radical (unpaired) electrons. The van der Waals surface area contributed by atoms with Crippen molar-refractivity contribution in [3.05, 3.63) is 94.8 Å². The third-order valence-electron chi connectivity index (χ3n) is 4.87. The lowest BCUT2D eigenvalue weighted by atomic mass is 10.1. The minimum absolute atomic E-state index is 0.0699. The van der Waals surface area contributed by atoms with Crippen molar-refractivity contribution in [2.75, 3.05) is 0 Å². The van der Waals surface area contributed by atoms with E-state index in [0.29, 0.717) is 23.7 Å². The molecule has 0 aliphatic carbocycles. The number of benzene rings is 3. The molecule has 0 bridgehead atoms. The maximum atomic E-state index is 12.4. The molecule has 0 spiro atoms. The number of nitrogens with one attached hydrogen (secondary N) is 1. The molecule has 1 N–H and O–H groups in total. The molecule has 0 aliphatic heterocycles. The molecular weight excluding hydrogens is 410 g/mol. The minimum atomic E-state index is -0.105. The van der Waals surface area contributed by atoms with Crippen LogP contribution >= 0.6 is 11.6 Å². The molecule has 1 amide bonds. The van der Waals surface area contributed by atoms with E-state index in [1.807, 2.05) is 86.6 Å². The van der Waals surface area contributed by atoms with Crippen LogP contribution in [0.5, 0.6) is 5.75 Å². The molecule has 0 fully saturated rings. The van der Waals surface area contributed by atoms with Crippen LogP contribution in [0.4, 0.5) is 0 Å². The quantitative estimate of drug-likeness (QED) is 0.421. The number of imidazole rings is 1. The molecule has 6 heteroatoms. The molecule has 3 aromatic carbocycles. The van der Waals surface area contributed by atoms with Crippen LogP contribution in [-0.2, 0) is 13.2 Å². The first kappa shape index (κ1) is 20.9. The van der Waals surface area contributed by atoms with Crippen molar-refractivity contribution in [3.63, 3.8) is 0 Å². The van der Waals surface area contributed by atoms with Crippen LogP contribution in [0.25, 0.3) is 11.0 Å². The molecule has 4 rings (SSSR count). The highest BCUT2D eigenvalue weighted by molar-refractivity contribution is 6.30. The average molecular weight is 434 g/mol. The lowest BCUT2D eigenvalue weighted by Crippen LogP contribution is -2.29. The van der Waals surface area contributed by atoms with Gasteiger partial charge in [-0.3, -0.25) is 4.79 Å². The molecule has 0 unspecified atom stereocenters. The number of nitrogens with zero attached hydrogens (tertiary/aromatic N) is 2. The number of amides is 1. The lowest BCUT2D eigenvalue weighted by Gasteiger charge is -2.11. The van der Waals surface area contributed by atoms with Gasteiger partial charge in [-0.15, -0.1) is 0 Å². The monoisotopic (exact) mass is 433 g/mol. The molecule has 0 saturated heterocycles. The number of para-hydroxylation sites is 1. The Kier molecular flexibility index (Phi) is 6.23. The Morgan fingerprint density at radius 3 is 2.52 bits per heavy atom. The fourth-order valence-electron chi connectivity index (χ4n) is 3.39. The van der Waals surface area contributed by atoms with Gasteiger partial charge in [0, 0.05) is 23.2 Å². The second-order valence-electron chi connectivity index (χ2n) is 7.67. The van der Waals surface area contributed by atoms with Crippen LogP contribution in [0.1, 0.15) is 35.6 Å². The van der Waals surface area contributed by atoms with Gasteiger partial charge in [0.05, 0.1) is 11.0 Å². The fraction of sp³-hybridized carbons (Fsp3) is 0.200. The zero-order valence-corrected chi connectivity index (χ0v) is 18.3. The lowest BCUT2D eigenvalue weighted by molar-refractivity contribution is 0.0943. The van der Waals surface area contributed by atoms with E-state index in [2.05, 4.69) is 9.88 Å². The van der Waals surface area contributed by atoms with Crippen molar-refractivity contribution in [2.45, 2.75) is 33.0 Å². The highest BCUT2D eigenvalue weighted by Gasteiger charge is 2.15. The number of halogens is 1. The van der Waals surface area contributed by atoms with Gasteiger partial charge in [0.15, 0.2) is 0 Å². The van der Waals surface area contributed by atoms with Gasteiger partial charge in [0.25, 0.3) is 5.91 Å². The standard InChI is InChI=1S/C25H24ClN3O2/c1-17(2)27-25(30)19-10-13-23-22(14-19)28-24(16-31-21-6-4-3-5-7-21)29(23)15-18-8-11-20(26)12-9-18/h3-14,17H,15-16H2,1-2H3,(H,27,30). The highest BCUT2D eigenvalue weighted by Crippen LogP contribution is 2.22. The number of carbonyl (C=O) groups is 1. The molecule has 1 aromatic heterocycles. The van der Waals surface area contributed by atoms with E-state index < -0.39 is 0 Å². The van der Waals surface area contributed by atoms with Gasteiger partial charge in [-0.05, 0) is 61.9 Å². The molecule has 0 aliphatic rings. The Labute approximate surface area is 186 Å². The maximum absolute atomic E-state index is 12.4. The van der Waals surface area contributed by atoms with Crippen molar-refractivity contribution >= 4 is 28.5 Å². The summed E-state index contributed by atoms with van der Waals surface area (Å²) in [6.07, 6.45) is 0. The molecule has 4 aromatic rings. The third-order valence-corrected chi connectivity index (χ3v) is 5.13. The van der Waals surface area contributed by atoms with Crippen LogP contribution in [0.3, 0.4) is 0 Å². The number of fused-ring (bicyclic) bond motifs is 1. The zero-order chi connectivity index (χ0) is 21.8. The number of ether oxygens (including phenoxy) is 1. The van der Waals surface area contributed by atoms with E-state index in [4.69, 9.17) is 21.3 Å². The summed E-state index contributed by atoms with van der Waals surface area (Å²) in [7, 11) is 0. The first-order valence-corrected chi connectivity index (χ1v) is 10.6. The normalized spacial score (nSPS) is 11.1. The van der Waals surface area contributed by atoms with Crippen molar-refractivity contribution in [1.29, 1.82) is 0 Å². The molecule has 31 heavy (non-hydrogen) atoms. The number of hydrogen-bond donors (Lipinski definition) is 1. The average Bonchev–Trinajstić information content (AvgIpc) is 3.10. The van der Waals surface area contributed by atoms with Gasteiger partial charge in [0.1, 0.15) is 18.2 Å². The predicted molar refractivity (Wildman–Crippen MR) is 124 cm³/mol. The molecule has 0 atom stereocenters. The highest BCUT2D eigenvalue weighted by atomic mass is 35.5. The maximum Gasteiger partial charge on any atom is 0.251 e. The van der Waals surface area contributed by atoms with Crippen LogP contribution < -0.4 is 10.1 Å². The molecule has 158 valence electrons. The zero-order valence-electron chi connectivity index (χ0n) is 17.5. The number of hydrogen-bond acceptors (Lipinski definition) is 3. The van der Waals surface area contributed by atoms with Crippen LogP contribution in [-0.4, -0.2) is 21.5 Å². The van der Waals surface area contributed by atoms with E-state index in [-0.39, 0.29) is 11.9 Å². The summed E-state index contributed by atoms with van der Waals surface area (Å²) in [4.78, 5) is 17.2. The number of aromatic nitrogens is 2. The summed E-state index contributed by atoms with van der Waals surface area (Å²) in [6, 6.07) is 23.1. The second kappa shape index (κ2) is 9.23. The first-order valence-electron chi connectivity index (χ1n) is 10.2. The van der Waals surface area contributed by atoms with E-state index >= 15 is 0 Å². The summed E-state index contributed by atoms with van der Waals surface area (Å²) in [6.45, 7) is 4.82. The fourth-order valence-corrected chi connectivity index (χ4v) is 3.52. The van der Waals surface area contributed by atoms with Crippen LogP contribution in [0, 0.1) is 0 Å². The van der Waals surface area contributed by atoms with Gasteiger partial charge >= 0.3 is 0 Å². The Morgan fingerprint density at radius 2 is 1.81 bits per heavy atom. The van der Waals surface area contributed by atoms with Gasteiger partial charge in [-0.1, -0.05) is 41.9 Å². The SMILES string of the molecule is CC(C)NC(=O)c1ccc2c(c1)nc(COc1ccccc1)n2Cc1ccc(Cl)cc1. The summed E-state index contributed by atoms with van der Waals surface area (Å²) < 4.78 is 8.08. The Balaban J connectivity index is 1.69. The van der Waals surface area contributed by atoms with E-state index in [0.717, 1.165) is 28.2 Å². The third kappa shape index (κ3) is 5.06. The van der Waals surface area contributed by atoms with Crippen molar-refractivity contribution in [2.24, 2.45) is 0 Å². The summed E-state index contributed by atoms with van der Waals surface area (Å²) in [5, 5.41) is 3.63. The summed E-state index contributed by atoms with van der Waals surface area (Å²) in [5.41, 5.74) is 3.40. The topological polar surface area (TPSA) is 56.1 Å². The first-order chi connectivity index (χ1) is 15.0. The van der Waals surface area contributed by atoms with Crippen LogP contribution in [0.15, 0.2) is 72.8 Å². The Bertz CT molecular complexity index is 1180. The smallest absolute Gasteiger partial charge is 0.251 e. The van der Waals surface area contributed by atoms with Gasteiger partial charge in [-0.25, -0.2) is 4.98 Å². The second-order valence-corrected chi connectivity index (χ2v) is 8.11. The summed E-state index contributed by atoms with van der Waals surface area (Å²) >= 11 is 6.04. The van der Waals surface area contributed by atoms with Gasteiger partial charge in [-0.2, -0.15) is 0 Å². The van der Waals surface area contributed by atoms with E-state index in [9.17, 15) is 4.79 Å². The van der Waals surface area contributed by atoms with Crippen molar-refractivity contribution < 1.29 is 9.53 Å². The van der Waals surface area contributed by atoms with Gasteiger partial charge < -0.3 is 14.6 Å². The van der Waals surface area contributed by atoms with E-state index in [1.54, 1.807) is 0 Å². The van der Waals surface area contributed by atoms with Crippen LogP contribution in [0.2, 0.25) is 5.02 Å². The Hall–Kier alpha value is -3.31. The van der Waals surface area contributed by atoms with Crippen molar-refractivity contribution in [1.82, 2.24) is 14.9 Å². The molecule has 1 heterocycles. The van der Waals surface area contributed by atoms with Gasteiger partial charge in [0.2, 0.25) is 0 Å². The van der Waals surface area contributed by atoms with Crippen molar-refractivity contribution in [3.8, 4) is 5.75 Å². The van der Waals surface area contributed by atoms with E-state index in [1.165, 1.54) is 0 Å². The molecular formula is C25H24ClN3O2. The number of rotatable bonds is 7. The molecule has 0 saturated carbocycles. The number of carbonyl (C=O) groups excluding carboxylic acids is 1. The largest absolute Gasteiger partial charge is 0.486 e. The molecule has 5 nitrogen and oxygen atoms in total. The predicted octanol–water partition coefficient (Wildman–Crippen LogP) is 5.46. The minimum Gasteiger partial charge on any atom is -0.486 e.